The molecular formula is C13H18N2O5. The predicted molar refractivity (Wildman–Crippen MR) is 72.1 cm³/mol. The second-order valence-electron chi connectivity index (χ2n) is 4.59. The second kappa shape index (κ2) is 6.97. The molecule has 1 aromatic carbocycles. The Balaban J connectivity index is 2.71. The molecule has 0 aliphatic heterocycles. The van der Waals surface area contributed by atoms with Crippen LogP contribution in [-0.2, 0) is 4.79 Å². The molecule has 1 aromatic rings. The molecule has 0 fully saturated rings. The zero-order valence-electron chi connectivity index (χ0n) is 11.4. The number of benzene rings is 1. The predicted octanol–water partition coefficient (Wildman–Crippen LogP) is 0.824. The summed E-state index contributed by atoms with van der Waals surface area (Å²) < 4.78 is 0. The minimum absolute atomic E-state index is 0.0336. The zero-order valence-corrected chi connectivity index (χ0v) is 11.4. The highest BCUT2D eigenvalue weighted by Gasteiger charge is 2.20. The van der Waals surface area contributed by atoms with Gasteiger partial charge in [0.2, 0.25) is 5.91 Å². The molecule has 7 nitrogen and oxygen atoms in total. The van der Waals surface area contributed by atoms with Crippen LogP contribution in [0.3, 0.4) is 0 Å². The Labute approximate surface area is 116 Å². The van der Waals surface area contributed by atoms with Gasteiger partial charge in [-0.05, 0) is 31.0 Å². The summed E-state index contributed by atoms with van der Waals surface area (Å²) >= 11 is 0. The fourth-order valence-electron chi connectivity index (χ4n) is 1.84. The first-order valence-corrected chi connectivity index (χ1v) is 6.18. The van der Waals surface area contributed by atoms with Crippen LogP contribution >= 0.6 is 0 Å². The van der Waals surface area contributed by atoms with E-state index in [-0.39, 0.29) is 24.6 Å². The topological polar surface area (TPSA) is 113 Å². The van der Waals surface area contributed by atoms with Crippen molar-refractivity contribution in [3.05, 3.63) is 39.4 Å². The normalized spacial score (nSPS) is 13.6. The average molecular weight is 282 g/mol. The third-order valence-corrected chi connectivity index (χ3v) is 2.94. The maximum Gasteiger partial charge on any atom is 0.272 e. The number of carbonyl (C=O) groups excluding carboxylic acids is 1. The van der Waals surface area contributed by atoms with Crippen molar-refractivity contribution < 1.29 is 19.9 Å². The highest BCUT2D eigenvalue weighted by atomic mass is 16.6. The molecule has 0 aliphatic carbocycles. The Hall–Kier alpha value is -1.99. The molecule has 110 valence electrons. The van der Waals surface area contributed by atoms with E-state index < -0.39 is 17.1 Å². The molecular weight excluding hydrogens is 264 g/mol. The molecule has 1 rings (SSSR count). The molecule has 0 bridgehead atoms. The van der Waals surface area contributed by atoms with E-state index in [9.17, 15) is 25.1 Å². The summed E-state index contributed by atoms with van der Waals surface area (Å²) in [6.07, 6.45) is -2.01. The summed E-state index contributed by atoms with van der Waals surface area (Å²) in [7, 11) is 0. The molecule has 0 radical (unpaired) electrons. The number of aliphatic hydroxyl groups is 2. The summed E-state index contributed by atoms with van der Waals surface area (Å²) in [6.45, 7) is 3.18. The highest BCUT2D eigenvalue weighted by Crippen LogP contribution is 2.25. The number of hydrogen-bond acceptors (Lipinski definition) is 5. The van der Waals surface area contributed by atoms with Crippen LogP contribution in [0.15, 0.2) is 18.2 Å². The third kappa shape index (κ3) is 4.29. The standard InChI is InChI=1S/C13H18N2O5/c1-8-7-10(3-4-11(8)15(19)20)13(18)12(17)5-6-14-9(2)16/h3-4,7,12-13,17-18H,5-6H2,1-2H3,(H,14,16). The molecule has 0 spiro atoms. The number of hydrogen-bond donors (Lipinski definition) is 3. The quantitative estimate of drug-likeness (QED) is 0.528. The first-order chi connectivity index (χ1) is 9.32. The number of nitrogens with zero attached hydrogens (tertiary/aromatic N) is 1. The van der Waals surface area contributed by atoms with Crippen molar-refractivity contribution in [1.82, 2.24) is 5.32 Å². The van der Waals surface area contributed by atoms with Crippen molar-refractivity contribution in [2.75, 3.05) is 6.54 Å². The van der Waals surface area contributed by atoms with E-state index in [1.54, 1.807) is 6.92 Å². The van der Waals surface area contributed by atoms with Crippen molar-refractivity contribution in [2.45, 2.75) is 32.5 Å². The van der Waals surface area contributed by atoms with Crippen molar-refractivity contribution in [2.24, 2.45) is 0 Å². The van der Waals surface area contributed by atoms with Gasteiger partial charge in [-0.3, -0.25) is 14.9 Å². The molecule has 7 heteroatoms. The lowest BCUT2D eigenvalue weighted by molar-refractivity contribution is -0.385. The van der Waals surface area contributed by atoms with Gasteiger partial charge in [0.25, 0.3) is 5.69 Å². The number of nitro benzene ring substituents is 1. The van der Waals surface area contributed by atoms with Crippen LogP contribution in [0, 0.1) is 17.0 Å². The monoisotopic (exact) mass is 282 g/mol. The summed E-state index contributed by atoms with van der Waals surface area (Å²) in [5.41, 5.74) is 0.790. The van der Waals surface area contributed by atoms with Crippen LogP contribution in [0.4, 0.5) is 5.69 Å². The van der Waals surface area contributed by atoms with E-state index in [0.29, 0.717) is 11.1 Å². The average Bonchev–Trinajstić information content (AvgIpc) is 2.36. The molecule has 20 heavy (non-hydrogen) atoms. The summed E-state index contributed by atoms with van der Waals surface area (Å²) in [5, 5.41) is 33.0. The number of amides is 1. The first kappa shape index (κ1) is 16.1. The van der Waals surface area contributed by atoms with Gasteiger partial charge < -0.3 is 15.5 Å². The van der Waals surface area contributed by atoms with Gasteiger partial charge in [0.05, 0.1) is 11.0 Å². The van der Waals surface area contributed by atoms with Gasteiger partial charge >= 0.3 is 0 Å². The van der Waals surface area contributed by atoms with Crippen LogP contribution in [-0.4, -0.2) is 33.7 Å². The number of nitrogens with one attached hydrogen (secondary N) is 1. The fourth-order valence-corrected chi connectivity index (χ4v) is 1.84. The van der Waals surface area contributed by atoms with Crippen LogP contribution in [0.1, 0.15) is 30.6 Å². The van der Waals surface area contributed by atoms with Gasteiger partial charge in [0, 0.05) is 25.1 Å². The largest absolute Gasteiger partial charge is 0.390 e. The van der Waals surface area contributed by atoms with Gasteiger partial charge in [-0.2, -0.15) is 0 Å². The van der Waals surface area contributed by atoms with Gasteiger partial charge in [-0.15, -0.1) is 0 Å². The lowest BCUT2D eigenvalue weighted by Gasteiger charge is -2.18. The Morgan fingerprint density at radius 1 is 1.45 bits per heavy atom. The fraction of sp³-hybridized carbons (Fsp3) is 0.462. The number of aryl methyl sites for hydroxylation is 1. The Morgan fingerprint density at radius 2 is 2.10 bits per heavy atom. The number of nitro groups is 1. The SMILES string of the molecule is CC(=O)NCCC(O)C(O)c1ccc([N+](=O)[O-])c(C)c1. The number of rotatable bonds is 6. The minimum atomic E-state index is -1.15. The van der Waals surface area contributed by atoms with Crippen LogP contribution in [0.25, 0.3) is 0 Å². The van der Waals surface area contributed by atoms with Crippen molar-refractivity contribution in [3.63, 3.8) is 0 Å². The summed E-state index contributed by atoms with van der Waals surface area (Å²) in [4.78, 5) is 20.9. The van der Waals surface area contributed by atoms with E-state index in [2.05, 4.69) is 5.32 Å². The van der Waals surface area contributed by atoms with Crippen molar-refractivity contribution in [3.8, 4) is 0 Å². The summed E-state index contributed by atoms with van der Waals surface area (Å²) in [5.74, 6) is -0.210. The van der Waals surface area contributed by atoms with Crippen molar-refractivity contribution in [1.29, 1.82) is 0 Å². The smallest absolute Gasteiger partial charge is 0.272 e. The van der Waals surface area contributed by atoms with E-state index in [4.69, 9.17) is 0 Å². The molecule has 3 N–H and O–H groups in total. The van der Waals surface area contributed by atoms with E-state index in [1.165, 1.54) is 25.1 Å². The van der Waals surface area contributed by atoms with E-state index in [1.807, 2.05) is 0 Å². The van der Waals surface area contributed by atoms with Crippen LogP contribution in [0.5, 0.6) is 0 Å². The molecule has 0 heterocycles. The minimum Gasteiger partial charge on any atom is -0.390 e. The lowest BCUT2D eigenvalue weighted by Crippen LogP contribution is -2.27. The molecule has 0 aliphatic rings. The second-order valence-corrected chi connectivity index (χ2v) is 4.59. The number of aliphatic hydroxyl groups excluding tert-OH is 2. The maximum absolute atomic E-state index is 10.7. The van der Waals surface area contributed by atoms with Gasteiger partial charge in [0.15, 0.2) is 0 Å². The van der Waals surface area contributed by atoms with Crippen LogP contribution in [0.2, 0.25) is 0 Å². The molecule has 1 amide bonds. The Morgan fingerprint density at radius 3 is 2.60 bits per heavy atom. The molecule has 0 aromatic heterocycles. The van der Waals surface area contributed by atoms with E-state index >= 15 is 0 Å². The molecule has 2 unspecified atom stereocenters. The Kier molecular flexibility index (Phi) is 5.60. The van der Waals surface area contributed by atoms with Crippen molar-refractivity contribution >= 4 is 11.6 Å². The Bertz CT molecular complexity index is 504. The van der Waals surface area contributed by atoms with Gasteiger partial charge in [-0.25, -0.2) is 0 Å². The zero-order chi connectivity index (χ0) is 15.3. The number of carbonyl (C=O) groups is 1. The van der Waals surface area contributed by atoms with Crippen LogP contribution < -0.4 is 5.32 Å². The molecule has 0 saturated carbocycles. The van der Waals surface area contributed by atoms with Gasteiger partial charge in [0.1, 0.15) is 6.10 Å². The van der Waals surface area contributed by atoms with Gasteiger partial charge in [-0.1, -0.05) is 0 Å². The molecule has 0 saturated heterocycles. The lowest BCUT2D eigenvalue weighted by atomic mass is 9.99. The first-order valence-electron chi connectivity index (χ1n) is 6.18. The maximum atomic E-state index is 10.7. The van der Waals surface area contributed by atoms with E-state index in [0.717, 1.165) is 0 Å². The molecule has 2 atom stereocenters. The highest BCUT2D eigenvalue weighted by molar-refractivity contribution is 5.72. The third-order valence-electron chi connectivity index (χ3n) is 2.94. The summed E-state index contributed by atoms with van der Waals surface area (Å²) in [6, 6.07) is 4.19.